The second-order valence-electron chi connectivity index (χ2n) is 8.57. The molecule has 1 unspecified atom stereocenters. The minimum Gasteiger partial charge on any atom is -0.491 e. The van der Waals surface area contributed by atoms with Crippen molar-refractivity contribution in [2.24, 2.45) is 0 Å². The molecule has 0 saturated carbocycles. The standard InChI is InChI=1S/C25H31N3O3/c1-26(2)21-8-5-7-20(17-21)25(30)28-16-6-9-22(28)18-31-23-12-10-19(11-13-23)24(29)27-14-3-4-15-27/h5,7-8,10-13,17,22H,3-4,6,9,14-16,18H2,1-2H3. The van der Waals surface area contributed by atoms with Crippen molar-refractivity contribution in [1.82, 2.24) is 9.80 Å². The van der Waals surface area contributed by atoms with Gasteiger partial charge in [0.2, 0.25) is 0 Å². The topological polar surface area (TPSA) is 53.1 Å². The molecular weight excluding hydrogens is 390 g/mol. The molecule has 1 atom stereocenters. The molecule has 4 rings (SSSR count). The van der Waals surface area contributed by atoms with Crippen LogP contribution in [0.1, 0.15) is 46.4 Å². The highest BCUT2D eigenvalue weighted by molar-refractivity contribution is 5.95. The Morgan fingerprint density at radius 1 is 0.935 bits per heavy atom. The fraction of sp³-hybridized carbons (Fsp3) is 0.440. The van der Waals surface area contributed by atoms with Gasteiger partial charge in [0.15, 0.2) is 0 Å². The van der Waals surface area contributed by atoms with E-state index in [4.69, 9.17) is 4.74 Å². The normalized spacial score (nSPS) is 18.3. The average molecular weight is 422 g/mol. The van der Waals surface area contributed by atoms with Crippen molar-refractivity contribution >= 4 is 17.5 Å². The third kappa shape index (κ3) is 4.84. The summed E-state index contributed by atoms with van der Waals surface area (Å²) >= 11 is 0. The number of benzene rings is 2. The van der Waals surface area contributed by atoms with Crippen LogP contribution in [0.3, 0.4) is 0 Å². The van der Waals surface area contributed by atoms with Crippen LogP contribution >= 0.6 is 0 Å². The van der Waals surface area contributed by atoms with Crippen LogP contribution in [-0.2, 0) is 0 Å². The lowest BCUT2D eigenvalue weighted by molar-refractivity contribution is 0.0690. The van der Waals surface area contributed by atoms with Gasteiger partial charge in [0, 0.05) is 50.5 Å². The van der Waals surface area contributed by atoms with Gasteiger partial charge in [-0.2, -0.15) is 0 Å². The molecule has 2 aliphatic heterocycles. The van der Waals surface area contributed by atoms with Crippen molar-refractivity contribution < 1.29 is 14.3 Å². The van der Waals surface area contributed by atoms with Crippen molar-refractivity contribution in [3.8, 4) is 5.75 Å². The highest BCUT2D eigenvalue weighted by Gasteiger charge is 2.30. The van der Waals surface area contributed by atoms with Gasteiger partial charge in [0.25, 0.3) is 11.8 Å². The van der Waals surface area contributed by atoms with Crippen LogP contribution in [0.2, 0.25) is 0 Å². The molecule has 0 bridgehead atoms. The predicted octanol–water partition coefficient (Wildman–Crippen LogP) is 3.67. The lowest BCUT2D eigenvalue weighted by Crippen LogP contribution is -2.39. The molecule has 2 amide bonds. The molecule has 2 fully saturated rings. The fourth-order valence-corrected chi connectivity index (χ4v) is 4.35. The maximum Gasteiger partial charge on any atom is 0.254 e. The Morgan fingerprint density at radius 3 is 2.39 bits per heavy atom. The monoisotopic (exact) mass is 421 g/mol. The number of likely N-dealkylation sites (tertiary alicyclic amines) is 2. The van der Waals surface area contributed by atoms with Gasteiger partial charge in [-0.1, -0.05) is 6.07 Å². The van der Waals surface area contributed by atoms with Gasteiger partial charge < -0.3 is 19.4 Å². The van der Waals surface area contributed by atoms with Gasteiger partial charge in [-0.3, -0.25) is 9.59 Å². The van der Waals surface area contributed by atoms with E-state index in [1.54, 1.807) is 0 Å². The number of carbonyl (C=O) groups is 2. The van der Waals surface area contributed by atoms with Crippen LogP contribution in [0, 0.1) is 0 Å². The molecule has 2 aliphatic rings. The molecular formula is C25H31N3O3. The Balaban J connectivity index is 1.36. The molecule has 164 valence electrons. The number of nitrogens with zero attached hydrogens (tertiary/aromatic N) is 3. The molecule has 2 heterocycles. The minimum absolute atomic E-state index is 0.0568. The molecule has 6 heteroatoms. The molecule has 0 N–H and O–H groups in total. The van der Waals surface area contributed by atoms with Crippen LogP contribution in [0.5, 0.6) is 5.75 Å². The molecule has 0 spiro atoms. The summed E-state index contributed by atoms with van der Waals surface area (Å²) in [5.41, 5.74) is 2.43. The second kappa shape index (κ2) is 9.41. The van der Waals surface area contributed by atoms with Gasteiger partial charge in [0.1, 0.15) is 12.4 Å². The average Bonchev–Trinajstić information content (AvgIpc) is 3.49. The Bertz CT molecular complexity index is 920. The first kappa shape index (κ1) is 21.2. The Kier molecular flexibility index (Phi) is 6.44. The summed E-state index contributed by atoms with van der Waals surface area (Å²) in [6.45, 7) is 2.90. The third-order valence-electron chi connectivity index (χ3n) is 6.18. The Labute approximate surface area is 184 Å². The van der Waals surface area contributed by atoms with E-state index in [0.29, 0.717) is 17.7 Å². The zero-order chi connectivity index (χ0) is 21.8. The van der Waals surface area contributed by atoms with Crippen molar-refractivity contribution in [1.29, 1.82) is 0 Å². The van der Waals surface area contributed by atoms with E-state index in [0.717, 1.165) is 56.8 Å². The molecule has 0 aromatic heterocycles. The summed E-state index contributed by atoms with van der Waals surface area (Å²) in [4.78, 5) is 31.4. The lowest BCUT2D eigenvalue weighted by Gasteiger charge is -2.25. The largest absolute Gasteiger partial charge is 0.491 e. The summed E-state index contributed by atoms with van der Waals surface area (Å²) in [5, 5.41) is 0. The van der Waals surface area contributed by atoms with Crippen molar-refractivity contribution in [2.45, 2.75) is 31.7 Å². The number of hydrogen-bond acceptors (Lipinski definition) is 4. The summed E-state index contributed by atoms with van der Waals surface area (Å²) in [5.74, 6) is 0.879. The van der Waals surface area contributed by atoms with Crippen molar-refractivity contribution in [3.05, 3.63) is 59.7 Å². The van der Waals surface area contributed by atoms with E-state index in [-0.39, 0.29) is 17.9 Å². The number of rotatable bonds is 6. The van der Waals surface area contributed by atoms with E-state index in [9.17, 15) is 9.59 Å². The minimum atomic E-state index is 0.0568. The second-order valence-corrected chi connectivity index (χ2v) is 8.57. The van der Waals surface area contributed by atoms with Gasteiger partial charge >= 0.3 is 0 Å². The fourth-order valence-electron chi connectivity index (χ4n) is 4.35. The maximum absolute atomic E-state index is 13.1. The first-order valence-corrected chi connectivity index (χ1v) is 11.1. The van der Waals surface area contributed by atoms with Crippen LogP contribution in [0.15, 0.2) is 48.5 Å². The van der Waals surface area contributed by atoms with Crippen molar-refractivity contribution in [2.75, 3.05) is 45.2 Å². The van der Waals surface area contributed by atoms with E-state index >= 15 is 0 Å². The number of ether oxygens (including phenoxy) is 1. The summed E-state index contributed by atoms with van der Waals surface area (Å²) in [6, 6.07) is 15.2. The predicted molar refractivity (Wildman–Crippen MR) is 122 cm³/mol. The summed E-state index contributed by atoms with van der Waals surface area (Å²) in [7, 11) is 3.94. The Morgan fingerprint density at radius 2 is 1.68 bits per heavy atom. The van der Waals surface area contributed by atoms with Crippen LogP contribution in [-0.4, -0.2) is 68.0 Å². The molecule has 31 heavy (non-hydrogen) atoms. The zero-order valence-electron chi connectivity index (χ0n) is 18.4. The number of anilines is 1. The summed E-state index contributed by atoms with van der Waals surface area (Å²) in [6.07, 6.45) is 4.09. The molecule has 6 nitrogen and oxygen atoms in total. The first-order valence-electron chi connectivity index (χ1n) is 11.1. The van der Waals surface area contributed by atoms with Gasteiger partial charge in [0.05, 0.1) is 6.04 Å². The quantitative estimate of drug-likeness (QED) is 0.714. The molecule has 2 saturated heterocycles. The number of carbonyl (C=O) groups excluding carboxylic acids is 2. The summed E-state index contributed by atoms with van der Waals surface area (Å²) < 4.78 is 6.00. The van der Waals surface area contributed by atoms with E-state index in [1.165, 1.54) is 0 Å². The first-order chi connectivity index (χ1) is 15.0. The van der Waals surface area contributed by atoms with Gasteiger partial charge in [-0.05, 0) is 68.1 Å². The highest BCUT2D eigenvalue weighted by atomic mass is 16.5. The van der Waals surface area contributed by atoms with Crippen LogP contribution in [0.25, 0.3) is 0 Å². The van der Waals surface area contributed by atoms with E-state index in [2.05, 4.69) is 0 Å². The highest BCUT2D eigenvalue weighted by Crippen LogP contribution is 2.24. The zero-order valence-corrected chi connectivity index (χ0v) is 18.4. The van der Waals surface area contributed by atoms with Crippen LogP contribution < -0.4 is 9.64 Å². The van der Waals surface area contributed by atoms with Crippen molar-refractivity contribution in [3.63, 3.8) is 0 Å². The molecule has 2 aromatic rings. The van der Waals surface area contributed by atoms with E-state index < -0.39 is 0 Å². The number of hydrogen-bond donors (Lipinski definition) is 0. The lowest BCUT2D eigenvalue weighted by atomic mass is 10.1. The van der Waals surface area contributed by atoms with E-state index in [1.807, 2.05) is 77.3 Å². The third-order valence-corrected chi connectivity index (χ3v) is 6.18. The SMILES string of the molecule is CN(C)c1cccc(C(=O)N2CCCC2COc2ccc(C(=O)N3CCCC3)cc2)c1. The van der Waals surface area contributed by atoms with Gasteiger partial charge in [-0.25, -0.2) is 0 Å². The molecule has 2 aromatic carbocycles. The molecule has 0 radical (unpaired) electrons. The molecule has 0 aliphatic carbocycles. The Hall–Kier alpha value is -3.02. The van der Waals surface area contributed by atoms with Crippen LogP contribution in [0.4, 0.5) is 5.69 Å². The number of amides is 2. The van der Waals surface area contributed by atoms with Gasteiger partial charge in [-0.15, -0.1) is 0 Å². The maximum atomic E-state index is 13.1. The smallest absolute Gasteiger partial charge is 0.254 e.